The van der Waals surface area contributed by atoms with E-state index < -0.39 is 0 Å². The van der Waals surface area contributed by atoms with Gasteiger partial charge in [-0.3, -0.25) is 4.57 Å². The Morgan fingerprint density at radius 1 is 0.955 bits per heavy atom. The van der Waals surface area contributed by atoms with Crippen molar-refractivity contribution in [2.75, 3.05) is 0 Å². The summed E-state index contributed by atoms with van der Waals surface area (Å²) in [7, 11) is 0. The van der Waals surface area contributed by atoms with Crippen molar-refractivity contribution < 1.29 is 0 Å². The molecule has 0 atom stereocenters. The minimum Gasteiger partial charge on any atom is -0.276 e. The molecule has 0 unspecified atom stereocenters. The molecule has 0 aliphatic heterocycles. The number of nitrogens with zero attached hydrogens (tertiary/aromatic N) is 4. The van der Waals surface area contributed by atoms with E-state index in [-0.39, 0.29) is 0 Å². The molecule has 0 N–H and O–H groups in total. The first-order valence-electron chi connectivity index (χ1n) is 6.78. The Balaban J connectivity index is 1.94. The fraction of sp³-hybridized carbons (Fsp3) is 0.0625. The third-order valence-electron chi connectivity index (χ3n) is 3.35. The molecule has 0 bridgehead atoms. The third-order valence-corrected chi connectivity index (χ3v) is 4.62. The molecule has 2 heterocycles. The van der Waals surface area contributed by atoms with Gasteiger partial charge in [-0.25, -0.2) is 4.98 Å². The van der Waals surface area contributed by atoms with Gasteiger partial charge in [-0.2, -0.15) is 0 Å². The number of alkyl halides is 1. The average molecular weight is 327 g/mol. The maximum atomic E-state index is 6.02. The zero-order chi connectivity index (χ0) is 14.9. The van der Waals surface area contributed by atoms with E-state index in [9.17, 15) is 0 Å². The summed E-state index contributed by atoms with van der Waals surface area (Å²) in [6.45, 7) is 0. The third kappa shape index (κ3) is 2.19. The molecule has 0 aliphatic rings. The van der Waals surface area contributed by atoms with Gasteiger partial charge in [0.25, 0.3) is 0 Å². The van der Waals surface area contributed by atoms with Gasteiger partial charge in [0.05, 0.1) is 16.1 Å². The Morgan fingerprint density at radius 2 is 1.73 bits per heavy atom. The molecule has 0 aliphatic carbocycles. The number of thiazole rings is 1. The highest BCUT2D eigenvalue weighted by Gasteiger charge is 2.18. The quantitative estimate of drug-likeness (QED) is 0.528. The molecule has 0 amide bonds. The molecule has 4 aromatic rings. The summed E-state index contributed by atoms with van der Waals surface area (Å²) in [5.41, 5.74) is 1.95. The van der Waals surface area contributed by atoms with Crippen molar-refractivity contribution in [2.24, 2.45) is 0 Å². The largest absolute Gasteiger partial charge is 0.276 e. The van der Waals surface area contributed by atoms with Gasteiger partial charge in [-0.05, 0) is 24.3 Å². The predicted molar refractivity (Wildman–Crippen MR) is 89.5 cm³/mol. The number of fused-ring (bicyclic) bond motifs is 1. The van der Waals surface area contributed by atoms with Crippen molar-refractivity contribution in [3.05, 3.63) is 60.4 Å². The van der Waals surface area contributed by atoms with Crippen LogP contribution in [-0.2, 0) is 5.88 Å². The lowest BCUT2D eigenvalue weighted by atomic mass is 10.3. The number of benzene rings is 2. The Hall–Kier alpha value is -2.24. The lowest BCUT2D eigenvalue weighted by molar-refractivity contribution is 0.953. The smallest absolute Gasteiger partial charge is 0.197 e. The van der Waals surface area contributed by atoms with Crippen LogP contribution in [0.3, 0.4) is 0 Å². The zero-order valence-electron chi connectivity index (χ0n) is 11.5. The van der Waals surface area contributed by atoms with Crippen molar-refractivity contribution >= 4 is 33.2 Å². The second-order valence-electron chi connectivity index (χ2n) is 4.73. The van der Waals surface area contributed by atoms with Crippen LogP contribution >= 0.6 is 22.9 Å². The average Bonchev–Trinajstić information content (AvgIpc) is 3.18. The van der Waals surface area contributed by atoms with Crippen LogP contribution in [0.1, 0.15) is 5.82 Å². The van der Waals surface area contributed by atoms with Crippen LogP contribution in [0.15, 0.2) is 54.6 Å². The van der Waals surface area contributed by atoms with Crippen LogP contribution in [0.5, 0.6) is 0 Å². The number of hydrogen-bond acceptors (Lipinski definition) is 4. The van der Waals surface area contributed by atoms with E-state index in [1.807, 2.05) is 53.1 Å². The van der Waals surface area contributed by atoms with Crippen LogP contribution in [0, 0.1) is 0 Å². The molecule has 22 heavy (non-hydrogen) atoms. The highest BCUT2D eigenvalue weighted by molar-refractivity contribution is 7.21. The van der Waals surface area contributed by atoms with Crippen LogP contribution in [0.4, 0.5) is 0 Å². The van der Waals surface area contributed by atoms with Crippen LogP contribution in [0.2, 0.25) is 0 Å². The molecular formula is C16H11ClN4S. The SMILES string of the molecule is ClCc1nnc(-c2nc3ccccc3s2)n1-c1ccccc1. The first kappa shape index (κ1) is 13.4. The molecule has 4 rings (SSSR count). The van der Waals surface area contributed by atoms with Crippen molar-refractivity contribution in [3.8, 4) is 16.5 Å². The minimum absolute atomic E-state index is 0.298. The van der Waals surface area contributed by atoms with Gasteiger partial charge in [-0.15, -0.1) is 33.1 Å². The van der Waals surface area contributed by atoms with Gasteiger partial charge in [-0.1, -0.05) is 30.3 Å². The Bertz CT molecular complexity index is 897. The Morgan fingerprint density at radius 3 is 2.50 bits per heavy atom. The maximum Gasteiger partial charge on any atom is 0.197 e. The standard InChI is InChI=1S/C16H11ClN4S/c17-10-14-19-20-15(21(14)11-6-2-1-3-7-11)16-18-12-8-4-5-9-13(12)22-16/h1-9H,10H2. The molecule has 4 nitrogen and oxygen atoms in total. The van der Waals surface area contributed by atoms with Crippen LogP contribution in [-0.4, -0.2) is 19.7 Å². The van der Waals surface area contributed by atoms with Gasteiger partial charge >= 0.3 is 0 Å². The van der Waals surface area contributed by atoms with Crippen LogP contribution < -0.4 is 0 Å². The maximum absolute atomic E-state index is 6.02. The zero-order valence-corrected chi connectivity index (χ0v) is 13.1. The number of aromatic nitrogens is 4. The topological polar surface area (TPSA) is 43.6 Å². The van der Waals surface area contributed by atoms with E-state index in [1.54, 1.807) is 11.3 Å². The van der Waals surface area contributed by atoms with Gasteiger partial charge in [0, 0.05) is 5.69 Å². The summed E-state index contributed by atoms with van der Waals surface area (Å²) in [6, 6.07) is 18.0. The molecule has 6 heteroatoms. The number of para-hydroxylation sites is 2. The van der Waals surface area contributed by atoms with E-state index in [2.05, 4.69) is 21.2 Å². The van der Waals surface area contributed by atoms with Gasteiger partial charge in [0.15, 0.2) is 16.7 Å². The molecule has 0 radical (unpaired) electrons. The summed E-state index contributed by atoms with van der Waals surface area (Å²) < 4.78 is 3.09. The predicted octanol–water partition coefficient (Wildman–Crippen LogP) is 4.28. The molecular weight excluding hydrogens is 316 g/mol. The molecule has 0 spiro atoms. The summed E-state index contributed by atoms with van der Waals surface area (Å²) in [5, 5.41) is 9.35. The minimum atomic E-state index is 0.298. The Kier molecular flexibility index (Phi) is 3.36. The lowest BCUT2D eigenvalue weighted by Crippen LogP contribution is -2.01. The first-order chi connectivity index (χ1) is 10.9. The highest BCUT2D eigenvalue weighted by Crippen LogP contribution is 2.31. The van der Waals surface area contributed by atoms with E-state index in [0.29, 0.717) is 11.7 Å². The summed E-state index contributed by atoms with van der Waals surface area (Å²) in [6.07, 6.45) is 0. The monoisotopic (exact) mass is 326 g/mol. The van der Waals surface area contributed by atoms with Gasteiger partial charge in [0.1, 0.15) is 0 Å². The lowest BCUT2D eigenvalue weighted by Gasteiger charge is -2.07. The van der Waals surface area contributed by atoms with E-state index in [4.69, 9.17) is 11.6 Å². The molecule has 0 fully saturated rings. The fourth-order valence-electron chi connectivity index (χ4n) is 2.36. The second kappa shape index (κ2) is 5.51. The Labute approximate surface area is 136 Å². The van der Waals surface area contributed by atoms with Crippen LogP contribution in [0.25, 0.3) is 26.7 Å². The molecule has 0 saturated heterocycles. The summed E-state index contributed by atoms with van der Waals surface area (Å²) in [4.78, 5) is 4.67. The van der Waals surface area contributed by atoms with Crippen molar-refractivity contribution in [2.45, 2.75) is 5.88 Å². The summed E-state index contributed by atoms with van der Waals surface area (Å²) in [5.74, 6) is 1.73. The number of rotatable bonds is 3. The molecule has 2 aromatic heterocycles. The van der Waals surface area contributed by atoms with E-state index in [1.165, 1.54) is 0 Å². The van der Waals surface area contributed by atoms with Crippen molar-refractivity contribution in [1.29, 1.82) is 0 Å². The second-order valence-corrected chi connectivity index (χ2v) is 6.03. The fourth-order valence-corrected chi connectivity index (χ4v) is 3.47. The van der Waals surface area contributed by atoms with Gasteiger partial charge in [0.2, 0.25) is 0 Å². The van der Waals surface area contributed by atoms with E-state index in [0.717, 1.165) is 26.7 Å². The first-order valence-corrected chi connectivity index (χ1v) is 8.13. The number of hydrogen-bond donors (Lipinski definition) is 0. The summed E-state index contributed by atoms with van der Waals surface area (Å²) >= 11 is 7.63. The molecule has 108 valence electrons. The molecule has 2 aromatic carbocycles. The normalized spacial score (nSPS) is 11.1. The van der Waals surface area contributed by atoms with E-state index >= 15 is 0 Å². The molecule has 0 saturated carbocycles. The number of halogens is 1. The van der Waals surface area contributed by atoms with Crippen molar-refractivity contribution in [3.63, 3.8) is 0 Å². The van der Waals surface area contributed by atoms with Crippen molar-refractivity contribution in [1.82, 2.24) is 19.7 Å². The van der Waals surface area contributed by atoms with Gasteiger partial charge < -0.3 is 0 Å². The highest BCUT2D eigenvalue weighted by atomic mass is 35.5.